The molecule has 10 nitrogen and oxygen atoms in total. The summed E-state index contributed by atoms with van der Waals surface area (Å²) < 4.78 is 6.31. The first kappa shape index (κ1) is 20.7. The average Bonchev–Trinajstić information content (AvgIpc) is 3.27. The van der Waals surface area contributed by atoms with Crippen LogP contribution in [0.3, 0.4) is 0 Å². The van der Waals surface area contributed by atoms with Gasteiger partial charge >= 0.3 is 0 Å². The van der Waals surface area contributed by atoms with Crippen LogP contribution in [-0.2, 0) is 6.54 Å². The first-order chi connectivity index (χ1) is 15.5. The summed E-state index contributed by atoms with van der Waals surface area (Å²) in [6.45, 7) is 0.392. The molecule has 0 unspecified atom stereocenters. The largest absolute Gasteiger partial charge is 0.497 e. The zero-order valence-electron chi connectivity index (χ0n) is 17.0. The van der Waals surface area contributed by atoms with Crippen LogP contribution in [0.2, 0.25) is 0 Å². The number of rotatable bonds is 7. The molecule has 4 aromatic rings. The van der Waals surface area contributed by atoms with Gasteiger partial charge in [-0.2, -0.15) is 9.67 Å². The van der Waals surface area contributed by atoms with Crippen molar-refractivity contribution in [1.29, 1.82) is 0 Å². The third kappa shape index (κ3) is 4.43. The molecule has 160 valence electrons. The molecule has 0 amide bonds. The van der Waals surface area contributed by atoms with E-state index in [2.05, 4.69) is 20.4 Å². The third-order valence-electron chi connectivity index (χ3n) is 4.65. The predicted octanol–water partition coefficient (Wildman–Crippen LogP) is 3.56. The highest BCUT2D eigenvalue weighted by Crippen LogP contribution is 2.20. The van der Waals surface area contributed by atoms with Gasteiger partial charge in [0.1, 0.15) is 5.75 Å². The lowest BCUT2D eigenvalue weighted by Crippen LogP contribution is -2.17. The van der Waals surface area contributed by atoms with Gasteiger partial charge < -0.3 is 10.1 Å². The molecule has 1 N–H and O–H groups in total. The first-order valence-electron chi connectivity index (χ1n) is 9.58. The van der Waals surface area contributed by atoms with Crippen LogP contribution in [0.4, 0.5) is 11.6 Å². The number of hydrogen-bond donors (Lipinski definition) is 1. The molecule has 0 atom stereocenters. The fraction of sp³-hybridized carbons (Fsp3) is 0.0909. The lowest BCUT2D eigenvalue weighted by atomic mass is 10.2. The van der Waals surface area contributed by atoms with Crippen molar-refractivity contribution in [2.75, 3.05) is 12.4 Å². The van der Waals surface area contributed by atoms with Crippen molar-refractivity contribution < 1.29 is 14.5 Å². The van der Waals surface area contributed by atoms with E-state index in [-0.39, 0.29) is 17.2 Å². The van der Waals surface area contributed by atoms with Crippen LogP contribution in [0.25, 0.3) is 11.4 Å². The molecular weight excluding hydrogens is 412 g/mol. The van der Waals surface area contributed by atoms with Gasteiger partial charge in [-0.25, -0.2) is 0 Å². The van der Waals surface area contributed by atoms with E-state index in [0.717, 1.165) is 16.0 Å². The number of hydrogen-bond acceptors (Lipinski definition) is 8. The smallest absolute Gasteiger partial charge is 0.281 e. The van der Waals surface area contributed by atoms with Crippen LogP contribution in [0.15, 0.2) is 73.1 Å². The van der Waals surface area contributed by atoms with Gasteiger partial charge in [-0.15, -0.1) is 5.10 Å². The van der Waals surface area contributed by atoms with Crippen LogP contribution >= 0.6 is 0 Å². The Labute approximate surface area is 182 Å². The third-order valence-corrected chi connectivity index (χ3v) is 4.65. The normalized spacial score (nSPS) is 10.5. The Kier molecular flexibility index (Phi) is 5.84. The Morgan fingerprint density at radius 2 is 1.88 bits per heavy atom. The number of non-ortho nitro benzene ring substituents is 1. The second-order valence-electron chi connectivity index (χ2n) is 6.72. The average molecular weight is 430 g/mol. The maximum Gasteiger partial charge on any atom is 0.281 e. The number of pyridine rings is 1. The maximum absolute atomic E-state index is 13.1. The number of carbonyl (C=O) groups excluding carboxylic acids is 1. The van der Waals surface area contributed by atoms with Crippen molar-refractivity contribution in [3.05, 3.63) is 94.3 Å². The molecule has 0 bridgehead atoms. The summed E-state index contributed by atoms with van der Waals surface area (Å²) in [5.74, 6) is 0.831. The van der Waals surface area contributed by atoms with Crippen LogP contribution < -0.4 is 10.1 Å². The Bertz CT molecular complexity index is 1240. The van der Waals surface area contributed by atoms with Gasteiger partial charge in [0.15, 0.2) is 5.82 Å². The van der Waals surface area contributed by atoms with Crippen molar-refractivity contribution in [3.8, 4) is 17.1 Å². The summed E-state index contributed by atoms with van der Waals surface area (Å²) >= 11 is 0. The number of carbonyl (C=O) groups is 1. The molecule has 10 heteroatoms. The van der Waals surface area contributed by atoms with E-state index in [1.54, 1.807) is 31.6 Å². The zero-order chi connectivity index (χ0) is 22.5. The van der Waals surface area contributed by atoms with E-state index in [0.29, 0.717) is 17.9 Å². The number of nitro benzene ring substituents is 1. The molecule has 0 spiro atoms. The minimum absolute atomic E-state index is 0.103. The molecule has 0 aliphatic rings. The maximum atomic E-state index is 13.1. The van der Waals surface area contributed by atoms with Gasteiger partial charge in [-0.3, -0.25) is 19.9 Å². The van der Waals surface area contributed by atoms with Gasteiger partial charge in [0, 0.05) is 42.2 Å². The highest BCUT2D eigenvalue weighted by molar-refractivity contribution is 5.97. The second-order valence-corrected chi connectivity index (χ2v) is 6.72. The highest BCUT2D eigenvalue weighted by Gasteiger charge is 2.19. The Morgan fingerprint density at radius 3 is 2.50 bits per heavy atom. The molecule has 0 saturated heterocycles. The van der Waals surface area contributed by atoms with Crippen molar-refractivity contribution in [2.45, 2.75) is 6.54 Å². The summed E-state index contributed by atoms with van der Waals surface area (Å²) in [7, 11) is 1.60. The van der Waals surface area contributed by atoms with Gasteiger partial charge in [0.2, 0.25) is 5.95 Å². The van der Waals surface area contributed by atoms with E-state index in [1.165, 1.54) is 24.3 Å². The number of nitrogens with zero attached hydrogens (tertiary/aromatic N) is 5. The Balaban J connectivity index is 1.65. The summed E-state index contributed by atoms with van der Waals surface area (Å²) in [6, 6.07) is 16.3. The molecule has 0 radical (unpaired) electrons. The monoisotopic (exact) mass is 430 g/mol. The van der Waals surface area contributed by atoms with Gasteiger partial charge in [0.25, 0.3) is 11.6 Å². The minimum atomic E-state index is -0.522. The number of nitrogens with one attached hydrogen (secondary N) is 1. The van der Waals surface area contributed by atoms with E-state index in [9.17, 15) is 14.9 Å². The summed E-state index contributed by atoms with van der Waals surface area (Å²) in [5.41, 5.74) is 1.74. The summed E-state index contributed by atoms with van der Waals surface area (Å²) in [6.07, 6.45) is 3.23. The minimum Gasteiger partial charge on any atom is -0.497 e. The fourth-order valence-corrected chi connectivity index (χ4v) is 2.96. The van der Waals surface area contributed by atoms with Gasteiger partial charge in [0.05, 0.1) is 12.0 Å². The standard InChI is InChI=1S/C22H18N6O4/c1-32-19-10-4-15(5-11-19)13-24-22-25-20(17-3-2-12-23-14-17)26-27(22)21(29)16-6-8-18(9-7-16)28(30)31/h2-12,14H,13H2,1H3,(H,24,25,26). The van der Waals surface area contributed by atoms with Crippen LogP contribution in [0, 0.1) is 10.1 Å². The molecular formula is C22H18N6O4. The van der Waals surface area contributed by atoms with Gasteiger partial charge in [-0.1, -0.05) is 12.1 Å². The van der Waals surface area contributed by atoms with Crippen LogP contribution in [-0.4, -0.2) is 37.7 Å². The van der Waals surface area contributed by atoms with Crippen LogP contribution in [0.5, 0.6) is 5.75 Å². The summed E-state index contributed by atoms with van der Waals surface area (Å²) in [4.78, 5) is 32.0. The molecule has 2 aromatic carbocycles. The lowest BCUT2D eigenvalue weighted by molar-refractivity contribution is -0.384. The predicted molar refractivity (Wildman–Crippen MR) is 116 cm³/mol. The van der Waals surface area contributed by atoms with Crippen molar-refractivity contribution in [1.82, 2.24) is 19.7 Å². The van der Waals surface area contributed by atoms with Crippen molar-refractivity contribution >= 4 is 17.5 Å². The SMILES string of the molecule is COc1ccc(CNc2nc(-c3cccnc3)nn2C(=O)c2ccc([N+](=O)[O-])cc2)cc1. The van der Waals surface area contributed by atoms with Crippen LogP contribution in [0.1, 0.15) is 15.9 Å². The topological polar surface area (TPSA) is 125 Å². The van der Waals surface area contributed by atoms with Crippen molar-refractivity contribution in [2.24, 2.45) is 0 Å². The molecule has 2 heterocycles. The molecule has 2 aromatic heterocycles. The Hall–Kier alpha value is -4.60. The summed E-state index contributed by atoms with van der Waals surface area (Å²) in [5, 5.41) is 18.4. The molecule has 0 aliphatic carbocycles. The number of nitro groups is 1. The Morgan fingerprint density at radius 1 is 1.12 bits per heavy atom. The van der Waals surface area contributed by atoms with E-state index in [1.807, 2.05) is 24.3 Å². The number of methoxy groups -OCH3 is 1. The number of anilines is 1. The number of benzene rings is 2. The molecule has 32 heavy (non-hydrogen) atoms. The van der Waals surface area contributed by atoms with Gasteiger partial charge in [-0.05, 0) is 42.0 Å². The molecule has 0 aliphatic heterocycles. The quantitative estimate of drug-likeness (QED) is 0.348. The second kappa shape index (κ2) is 9.04. The van der Waals surface area contributed by atoms with E-state index < -0.39 is 10.8 Å². The highest BCUT2D eigenvalue weighted by atomic mass is 16.6. The fourth-order valence-electron chi connectivity index (χ4n) is 2.96. The van der Waals surface area contributed by atoms with E-state index >= 15 is 0 Å². The zero-order valence-corrected chi connectivity index (χ0v) is 17.0. The number of aromatic nitrogens is 4. The first-order valence-corrected chi connectivity index (χ1v) is 9.58. The lowest BCUT2D eigenvalue weighted by Gasteiger charge is -2.08. The molecule has 0 saturated carbocycles. The van der Waals surface area contributed by atoms with Crippen molar-refractivity contribution in [3.63, 3.8) is 0 Å². The molecule has 4 rings (SSSR count). The number of ether oxygens (including phenoxy) is 1. The van der Waals surface area contributed by atoms with E-state index in [4.69, 9.17) is 4.74 Å². The molecule has 0 fully saturated rings.